The van der Waals surface area contributed by atoms with Gasteiger partial charge in [-0.3, -0.25) is 9.63 Å². The summed E-state index contributed by atoms with van der Waals surface area (Å²) in [6, 6.07) is 2.72. The quantitative estimate of drug-likeness (QED) is 0.673. The first kappa shape index (κ1) is 6.78. The van der Waals surface area contributed by atoms with Gasteiger partial charge in [0.25, 0.3) is 5.91 Å². The molecule has 0 aliphatic heterocycles. The summed E-state index contributed by atoms with van der Waals surface area (Å²) in [4.78, 5) is 20.0. The number of nitrogens with zero attached hydrogens (tertiary/aromatic N) is 2. The maximum absolute atomic E-state index is 11.6. The summed E-state index contributed by atoms with van der Waals surface area (Å²) >= 11 is 0. The van der Waals surface area contributed by atoms with Gasteiger partial charge in [0.2, 0.25) is 5.88 Å². The third-order valence-corrected chi connectivity index (χ3v) is 1.65. The number of carbonyl (C=O) groups excluding carboxylic acids is 1. The Morgan fingerprint density at radius 3 is 2.93 bits per heavy atom. The van der Waals surface area contributed by atoms with Crippen molar-refractivity contribution >= 4 is 5.91 Å². The van der Waals surface area contributed by atoms with Crippen molar-refractivity contribution in [1.82, 2.24) is 10.0 Å². The molecule has 1 heterocycles. The third kappa shape index (κ3) is 2.20. The third-order valence-electron chi connectivity index (χ3n) is 1.65. The molecule has 0 spiro atoms. The Morgan fingerprint density at radius 2 is 2.43 bits per heavy atom. The standard InChI is InChI=1S/C9H12N2O3/c1-11(14-3)9(12)7-4-5-8(13-2)10-6-7/h4-6H,1-3H3/i2D3. The van der Waals surface area contributed by atoms with E-state index in [9.17, 15) is 4.79 Å². The summed E-state index contributed by atoms with van der Waals surface area (Å²) in [7, 11) is 0.258. The smallest absolute Gasteiger partial charge is 0.278 e. The molecule has 0 saturated carbocycles. The summed E-state index contributed by atoms with van der Waals surface area (Å²) in [5.74, 6) is -0.456. The molecule has 0 atom stereocenters. The SMILES string of the molecule is [2H]C([2H])([2H])Oc1ccc(C(=O)N(C)OC)cn1. The Kier molecular flexibility index (Phi) is 2.21. The monoisotopic (exact) mass is 199 g/mol. The Labute approximate surface area is 86.4 Å². The molecule has 0 radical (unpaired) electrons. The van der Waals surface area contributed by atoms with Crippen LogP contribution >= 0.6 is 0 Å². The summed E-state index contributed by atoms with van der Waals surface area (Å²) in [6.07, 6.45) is 1.22. The first-order chi connectivity index (χ1) is 7.83. The lowest BCUT2D eigenvalue weighted by atomic mass is 10.3. The minimum absolute atomic E-state index is 0.0679. The first-order valence-corrected chi connectivity index (χ1v) is 3.81. The maximum atomic E-state index is 11.6. The molecule has 5 heteroatoms. The molecular formula is C9H12N2O3. The van der Waals surface area contributed by atoms with Crippen molar-refractivity contribution in [3.63, 3.8) is 0 Å². The zero-order chi connectivity index (χ0) is 13.1. The van der Waals surface area contributed by atoms with Crippen molar-refractivity contribution in [1.29, 1.82) is 0 Å². The average Bonchev–Trinajstić information content (AvgIpc) is 2.26. The second-order valence-electron chi connectivity index (χ2n) is 2.47. The van der Waals surface area contributed by atoms with E-state index < -0.39 is 7.04 Å². The van der Waals surface area contributed by atoms with Crippen LogP contribution in [0.25, 0.3) is 0 Å². The Morgan fingerprint density at radius 1 is 1.64 bits per heavy atom. The van der Waals surface area contributed by atoms with Gasteiger partial charge in [-0.25, -0.2) is 10.0 Å². The highest BCUT2D eigenvalue weighted by molar-refractivity contribution is 5.93. The summed E-state index contributed by atoms with van der Waals surface area (Å²) in [5.41, 5.74) is 0.271. The van der Waals surface area contributed by atoms with E-state index in [0.717, 1.165) is 5.06 Å². The van der Waals surface area contributed by atoms with Crippen LogP contribution in [0.3, 0.4) is 0 Å². The molecule has 0 aliphatic rings. The summed E-state index contributed by atoms with van der Waals surface area (Å²) in [6.45, 7) is 0. The van der Waals surface area contributed by atoms with E-state index in [-0.39, 0.29) is 17.4 Å². The van der Waals surface area contributed by atoms with Gasteiger partial charge in [-0.2, -0.15) is 0 Å². The van der Waals surface area contributed by atoms with E-state index in [0.29, 0.717) is 0 Å². The fourth-order valence-electron chi connectivity index (χ4n) is 0.832. The normalized spacial score (nSPS) is 13.7. The van der Waals surface area contributed by atoms with Crippen LogP contribution in [-0.4, -0.2) is 37.1 Å². The second-order valence-corrected chi connectivity index (χ2v) is 2.47. The highest BCUT2D eigenvalue weighted by Crippen LogP contribution is 2.08. The van der Waals surface area contributed by atoms with Gasteiger partial charge < -0.3 is 4.74 Å². The fraction of sp³-hybridized carbons (Fsp3) is 0.333. The van der Waals surface area contributed by atoms with Gasteiger partial charge in [0.15, 0.2) is 0 Å². The van der Waals surface area contributed by atoms with Crippen molar-refractivity contribution in [2.75, 3.05) is 21.2 Å². The van der Waals surface area contributed by atoms with Crippen molar-refractivity contribution < 1.29 is 18.5 Å². The largest absolute Gasteiger partial charge is 0.481 e. The van der Waals surface area contributed by atoms with Crippen LogP contribution in [-0.2, 0) is 4.84 Å². The van der Waals surface area contributed by atoms with Crippen LogP contribution in [0, 0.1) is 0 Å². The van der Waals surface area contributed by atoms with E-state index in [1.165, 1.54) is 32.5 Å². The van der Waals surface area contributed by atoms with Crippen molar-refractivity contribution in [2.24, 2.45) is 0 Å². The van der Waals surface area contributed by atoms with Crippen molar-refractivity contribution in [3.05, 3.63) is 23.9 Å². The number of aromatic nitrogens is 1. The highest BCUT2D eigenvalue weighted by Gasteiger charge is 2.11. The highest BCUT2D eigenvalue weighted by atomic mass is 16.7. The summed E-state index contributed by atoms with van der Waals surface area (Å²) in [5, 5.41) is 1.03. The average molecular weight is 199 g/mol. The van der Waals surface area contributed by atoms with Crippen molar-refractivity contribution in [2.45, 2.75) is 0 Å². The molecule has 1 aromatic rings. The molecule has 76 valence electrons. The number of pyridine rings is 1. The Hall–Kier alpha value is -1.62. The molecular weight excluding hydrogens is 184 g/mol. The molecule has 14 heavy (non-hydrogen) atoms. The molecule has 0 saturated heterocycles. The van der Waals surface area contributed by atoms with Gasteiger partial charge in [0.1, 0.15) is 0 Å². The topological polar surface area (TPSA) is 51.7 Å². The lowest BCUT2D eigenvalue weighted by Gasteiger charge is -2.13. The molecule has 0 aliphatic carbocycles. The molecule has 5 nitrogen and oxygen atoms in total. The number of amides is 1. The summed E-state index contributed by atoms with van der Waals surface area (Å²) < 4.78 is 25.2. The van der Waals surface area contributed by atoms with E-state index in [1.54, 1.807) is 0 Å². The van der Waals surface area contributed by atoms with Gasteiger partial charge in [-0.1, -0.05) is 0 Å². The predicted octanol–water partition coefficient (Wildman–Crippen LogP) is 0.724. The number of hydroxylamine groups is 2. The lowest BCUT2D eigenvalue weighted by Crippen LogP contribution is -2.25. The molecule has 0 unspecified atom stereocenters. The van der Waals surface area contributed by atoms with Crippen LogP contribution in [0.4, 0.5) is 0 Å². The molecule has 1 rings (SSSR count). The van der Waals surface area contributed by atoms with Crippen LogP contribution in [0.1, 0.15) is 14.5 Å². The first-order valence-electron chi connectivity index (χ1n) is 5.31. The van der Waals surface area contributed by atoms with E-state index in [1.807, 2.05) is 0 Å². The van der Waals surface area contributed by atoms with Crippen LogP contribution in [0.15, 0.2) is 18.3 Å². The Bertz CT molecular complexity index is 391. The lowest BCUT2D eigenvalue weighted by molar-refractivity contribution is -0.0757. The fourth-order valence-corrected chi connectivity index (χ4v) is 0.832. The minimum atomic E-state index is -2.55. The zero-order valence-corrected chi connectivity index (χ0v) is 7.85. The Balaban J connectivity index is 2.78. The van der Waals surface area contributed by atoms with E-state index >= 15 is 0 Å². The number of carbonyl (C=O) groups is 1. The maximum Gasteiger partial charge on any atom is 0.278 e. The second kappa shape index (κ2) is 4.57. The van der Waals surface area contributed by atoms with Crippen molar-refractivity contribution in [3.8, 4) is 5.88 Å². The predicted molar refractivity (Wildman–Crippen MR) is 49.9 cm³/mol. The number of ether oxygens (including phenoxy) is 1. The number of hydrogen-bond donors (Lipinski definition) is 0. The van der Waals surface area contributed by atoms with E-state index in [4.69, 9.17) is 8.95 Å². The van der Waals surface area contributed by atoms with Gasteiger partial charge in [0.05, 0.1) is 23.8 Å². The molecule has 1 aromatic heterocycles. The molecule has 0 aromatic carbocycles. The molecule has 1 amide bonds. The molecule has 0 bridgehead atoms. The van der Waals surface area contributed by atoms with Crippen LogP contribution < -0.4 is 4.74 Å². The zero-order valence-electron chi connectivity index (χ0n) is 10.9. The van der Waals surface area contributed by atoms with Gasteiger partial charge >= 0.3 is 0 Å². The molecule has 0 fully saturated rings. The van der Waals surface area contributed by atoms with Gasteiger partial charge in [0, 0.05) is 19.3 Å². The molecule has 0 N–H and O–H groups in total. The number of methoxy groups -OCH3 is 1. The number of rotatable bonds is 3. The van der Waals surface area contributed by atoms with Gasteiger partial charge in [-0.15, -0.1) is 0 Å². The van der Waals surface area contributed by atoms with Crippen LogP contribution in [0.2, 0.25) is 0 Å². The minimum Gasteiger partial charge on any atom is -0.481 e. The van der Waals surface area contributed by atoms with E-state index in [2.05, 4.69) is 9.72 Å². The van der Waals surface area contributed by atoms with Crippen LogP contribution in [0.5, 0.6) is 5.88 Å². The van der Waals surface area contributed by atoms with Gasteiger partial charge in [-0.05, 0) is 6.07 Å². The number of hydrogen-bond acceptors (Lipinski definition) is 4.